The molecule has 1 amide bonds. The first-order valence-corrected chi connectivity index (χ1v) is 14.2. The monoisotopic (exact) mass is 514 g/mol. The second-order valence-corrected chi connectivity index (χ2v) is 11.8. The van der Waals surface area contributed by atoms with Crippen molar-refractivity contribution in [3.8, 4) is 0 Å². The SMILES string of the molecule is CC(C)c1n[nH]c2nc(C(=O)N(c3ccc(F)cc3)S(C)(=O)=O)cc(N3CCN(C4CCC4)CC3)c12. The van der Waals surface area contributed by atoms with E-state index in [9.17, 15) is 17.6 Å². The number of sulfonamides is 1. The first kappa shape index (κ1) is 24.6. The number of piperazine rings is 1. The number of fused-ring (bicyclic) bond motifs is 1. The third-order valence-corrected chi connectivity index (χ3v) is 8.17. The lowest BCUT2D eigenvalue weighted by Crippen LogP contribution is -2.52. The van der Waals surface area contributed by atoms with Crippen molar-refractivity contribution in [2.75, 3.05) is 41.6 Å². The lowest BCUT2D eigenvalue weighted by Gasteiger charge is -2.43. The summed E-state index contributed by atoms with van der Waals surface area (Å²) in [7, 11) is -4.02. The molecule has 0 atom stereocenters. The number of halogens is 1. The number of amides is 1. The molecule has 2 aromatic heterocycles. The second kappa shape index (κ2) is 9.44. The minimum Gasteiger partial charge on any atom is -0.368 e. The Morgan fingerprint density at radius 2 is 1.81 bits per heavy atom. The number of benzene rings is 1. The van der Waals surface area contributed by atoms with E-state index in [0.717, 1.165) is 61.3 Å². The van der Waals surface area contributed by atoms with Gasteiger partial charge in [-0.3, -0.25) is 14.8 Å². The maximum absolute atomic E-state index is 13.6. The van der Waals surface area contributed by atoms with Gasteiger partial charge < -0.3 is 4.90 Å². The highest BCUT2D eigenvalue weighted by Crippen LogP contribution is 2.34. The van der Waals surface area contributed by atoms with Crippen LogP contribution in [0.2, 0.25) is 0 Å². The van der Waals surface area contributed by atoms with Gasteiger partial charge in [-0.15, -0.1) is 0 Å². The number of nitrogens with zero attached hydrogens (tertiary/aromatic N) is 5. The number of aromatic amines is 1. The van der Waals surface area contributed by atoms with Crippen molar-refractivity contribution in [1.29, 1.82) is 0 Å². The van der Waals surface area contributed by atoms with Crippen molar-refractivity contribution in [2.24, 2.45) is 0 Å². The van der Waals surface area contributed by atoms with Gasteiger partial charge in [-0.2, -0.15) is 5.10 Å². The van der Waals surface area contributed by atoms with E-state index in [2.05, 4.69) is 25.0 Å². The van der Waals surface area contributed by atoms with Crippen molar-refractivity contribution in [1.82, 2.24) is 20.1 Å². The standard InChI is InChI=1S/C25H31FN6O3S/c1-16(2)23-22-21(31-13-11-30(12-14-31)18-5-4-6-18)15-20(27-24(22)29-28-23)25(33)32(36(3,34)35)19-9-7-17(26)8-10-19/h7-10,15-16,18H,4-6,11-14H2,1-3H3,(H,27,28,29). The minimum absolute atomic E-state index is 0.0207. The first-order valence-electron chi connectivity index (χ1n) is 12.3. The molecule has 1 aliphatic carbocycles. The van der Waals surface area contributed by atoms with Crippen molar-refractivity contribution < 1.29 is 17.6 Å². The van der Waals surface area contributed by atoms with E-state index in [-0.39, 0.29) is 17.3 Å². The summed E-state index contributed by atoms with van der Waals surface area (Å²) in [6, 6.07) is 7.11. The summed E-state index contributed by atoms with van der Waals surface area (Å²) in [4.78, 5) is 22.9. The predicted octanol–water partition coefficient (Wildman–Crippen LogP) is 3.50. The number of pyridine rings is 1. The van der Waals surface area contributed by atoms with Crippen LogP contribution in [0.3, 0.4) is 0 Å². The Morgan fingerprint density at radius 3 is 2.36 bits per heavy atom. The topological polar surface area (TPSA) is 102 Å². The Morgan fingerprint density at radius 1 is 1.14 bits per heavy atom. The summed E-state index contributed by atoms with van der Waals surface area (Å²) in [6.45, 7) is 7.54. The molecule has 11 heteroatoms. The number of H-pyrrole nitrogens is 1. The predicted molar refractivity (Wildman–Crippen MR) is 137 cm³/mol. The summed E-state index contributed by atoms with van der Waals surface area (Å²) in [5, 5.41) is 8.27. The molecule has 0 unspecified atom stereocenters. The fraction of sp³-hybridized carbons (Fsp3) is 0.480. The summed E-state index contributed by atoms with van der Waals surface area (Å²) in [5.41, 5.74) is 2.14. The van der Waals surface area contributed by atoms with Gasteiger partial charge in [0.2, 0.25) is 10.0 Å². The van der Waals surface area contributed by atoms with Crippen molar-refractivity contribution in [3.05, 3.63) is 47.5 Å². The molecule has 0 radical (unpaired) electrons. The third-order valence-electron chi connectivity index (χ3n) is 7.13. The van der Waals surface area contributed by atoms with Gasteiger partial charge in [0.05, 0.1) is 28.7 Å². The van der Waals surface area contributed by atoms with E-state index in [0.29, 0.717) is 16.0 Å². The third kappa shape index (κ3) is 4.57. The summed E-state index contributed by atoms with van der Waals surface area (Å²) in [6.07, 6.45) is 4.74. The van der Waals surface area contributed by atoms with Crippen LogP contribution in [0.15, 0.2) is 30.3 Å². The smallest absolute Gasteiger partial charge is 0.290 e. The van der Waals surface area contributed by atoms with Gasteiger partial charge in [0.15, 0.2) is 5.65 Å². The molecule has 2 fully saturated rings. The molecule has 192 valence electrons. The van der Waals surface area contributed by atoms with E-state index in [1.54, 1.807) is 6.07 Å². The Labute approximate surface area is 210 Å². The van der Waals surface area contributed by atoms with Crippen molar-refractivity contribution in [3.63, 3.8) is 0 Å². The number of nitrogens with one attached hydrogen (secondary N) is 1. The normalized spacial score (nSPS) is 17.5. The fourth-order valence-electron chi connectivity index (χ4n) is 5.03. The summed E-state index contributed by atoms with van der Waals surface area (Å²) < 4.78 is 39.5. The Hall–Kier alpha value is -3.05. The van der Waals surface area contributed by atoms with Gasteiger partial charge in [0.25, 0.3) is 5.91 Å². The summed E-state index contributed by atoms with van der Waals surface area (Å²) >= 11 is 0. The highest BCUT2D eigenvalue weighted by molar-refractivity contribution is 7.92. The van der Waals surface area contributed by atoms with Crippen LogP contribution in [0.5, 0.6) is 0 Å². The molecule has 0 bridgehead atoms. The first-order chi connectivity index (χ1) is 17.1. The number of carbonyl (C=O) groups excluding carboxylic acids is 1. The molecular weight excluding hydrogens is 483 g/mol. The molecule has 1 N–H and O–H groups in total. The van der Waals surface area contributed by atoms with E-state index in [1.807, 2.05) is 13.8 Å². The average Bonchev–Trinajstić information content (AvgIpc) is 3.23. The molecule has 2 aliphatic rings. The van der Waals surface area contributed by atoms with E-state index >= 15 is 0 Å². The van der Waals surface area contributed by atoms with E-state index < -0.39 is 21.7 Å². The zero-order chi connectivity index (χ0) is 25.6. The molecule has 3 heterocycles. The molecule has 1 aromatic carbocycles. The molecule has 36 heavy (non-hydrogen) atoms. The van der Waals surface area contributed by atoms with Crippen molar-refractivity contribution in [2.45, 2.75) is 45.1 Å². The summed E-state index contributed by atoms with van der Waals surface area (Å²) in [5.74, 6) is -1.20. The number of rotatable bonds is 6. The van der Waals surface area contributed by atoms with Crippen LogP contribution in [0.4, 0.5) is 15.8 Å². The maximum Gasteiger partial charge on any atom is 0.290 e. The largest absolute Gasteiger partial charge is 0.368 e. The molecule has 1 saturated carbocycles. The number of carbonyl (C=O) groups is 1. The van der Waals surface area contributed by atoms with Crippen LogP contribution in [0, 0.1) is 5.82 Å². The molecule has 1 aliphatic heterocycles. The van der Waals surface area contributed by atoms with Crippen LogP contribution in [-0.2, 0) is 10.0 Å². The van der Waals surface area contributed by atoms with Crippen LogP contribution in [-0.4, -0.2) is 72.9 Å². The second-order valence-electron chi connectivity index (χ2n) is 9.93. The van der Waals surface area contributed by atoms with Gasteiger partial charge >= 0.3 is 0 Å². The van der Waals surface area contributed by atoms with Gasteiger partial charge in [0.1, 0.15) is 11.5 Å². The lowest BCUT2D eigenvalue weighted by atomic mass is 9.91. The van der Waals surface area contributed by atoms with Crippen LogP contribution >= 0.6 is 0 Å². The van der Waals surface area contributed by atoms with Gasteiger partial charge in [0, 0.05) is 32.2 Å². The highest BCUT2D eigenvalue weighted by atomic mass is 32.2. The van der Waals surface area contributed by atoms with E-state index in [4.69, 9.17) is 0 Å². The number of hydrogen-bond donors (Lipinski definition) is 1. The van der Waals surface area contributed by atoms with Crippen LogP contribution in [0.25, 0.3) is 11.0 Å². The van der Waals surface area contributed by atoms with Gasteiger partial charge in [-0.05, 0) is 49.1 Å². The Kier molecular flexibility index (Phi) is 6.46. The fourth-order valence-corrected chi connectivity index (χ4v) is 5.93. The number of hydrogen-bond acceptors (Lipinski definition) is 7. The molecule has 3 aromatic rings. The zero-order valence-electron chi connectivity index (χ0n) is 20.7. The molecular formula is C25H31FN6O3S. The van der Waals surface area contributed by atoms with Crippen molar-refractivity contribution >= 4 is 38.3 Å². The van der Waals surface area contributed by atoms with Crippen LogP contribution < -0.4 is 9.21 Å². The number of aromatic nitrogens is 3. The average molecular weight is 515 g/mol. The van der Waals surface area contributed by atoms with Gasteiger partial charge in [-0.1, -0.05) is 20.3 Å². The molecule has 0 spiro atoms. The maximum atomic E-state index is 13.6. The molecule has 5 rings (SSSR count). The Balaban J connectivity index is 1.56. The lowest BCUT2D eigenvalue weighted by molar-refractivity contribution is 0.100. The molecule has 1 saturated heterocycles. The quantitative estimate of drug-likeness (QED) is 0.537. The Bertz CT molecular complexity index is 1380. The van der Waals surface area contributed by atoms with Gasteiger partial charge in [-0.25, -0.2) is 22.1 Å². The van der Waals surface area contributed by atoms with E-state index in [1.165, 1.54) is 31.4 Å². The minimum atomic E-state index is -4.02. The zero-order valence-corrected chi connectivity index (χ0v) is 21.6. The molecule has 9 nitrogen and oxygen atoms in total. The number of anilines is 2. The highest BCUT2D eigenvalue weighted by Gasteiger charge is 2.32. The van der Waals surface area contributed by atoms with Crippen LogP contribution in [0.1, 0.15) is 55.2 Å².